The number of allylic oxidation sites excluding steroid dienone is 14. The summed E-state index contributed by atoms with van der Waals surface area (Å²) in [7, 11) is 5.49. The predicted molar refractivity (Wildman–Crippen MR) is 243 cm³/mol. The lowest BCUT2D eigenvalue weighted by atomic mass is 10.1. The van der Waals surface area contributed by atoms with Crippen LogP contribution in [0.15, 0.2) is 85.1 Å². The number of nitrogens with zero attached hydrogens (tertiary/aromatic N) is 1. The molecule has 0 aliphatic carbocycles. The number of carbonyl (C=O) groups is 3. The predicted octanol–water partition coefficient (Wildman–Crippen LogP) is 12.5. The molecule has 0 saturated heterocycles. The second-order valence-electron chi connectivity index (χ2n) is 15.9. The molecule has 330 valence electrons. The Bertz CT molecular complexity index is 1220. The monoisotopic (exact) mass is 811 g/mol. The molecule has 1 N–H and O–H groups in total. The third-order valence-electron chi connectivity index (χ3n) is 9.54. The first-order valence-corrected chi connectivity index (χ1v) is 22.6. The molecule has 2 unspecified atom stereocenters. The first-order valence-electron chi connectivity index (χ1n) is 22.6. The van der Waals surface area contributed by atoms with E-state index in [9.17, 15) is 19.5 Å². The molecule has 0 heterocycles. The Kier molecular flexibility index (Phi) is 37.9. The van der Waals surface area contributed by atoms with Gasteiger partial charge in [-0.3, -0.25) is 9.59 Å². The summed E-state index contributed by atoms with van der Waals surface area (Å²) in [6.45, 7) is 4.51. The lowest BCUT2D eigenvalue weighted by Crippen LogP contribution is -2.50. The lowest BCUT2D eigenvalue weighted by molar-refractivity contribution is -0.887. The molecule has 8 nitrogen and oxygen atoms in total. The summed E-state index contributed by atoms with van der Waals surface area (Å²) in [4.78, 5) is 37.0. The third kappa shape index (κ3) is 38.1. The van der Waals surface area contributed by atoms with E-state index in [1.807, 2.05) is 33.3 Å². The Balaban J connectivity index is 4.49. The van der Waals surface area contributed by atoms with Crippen LogP contribution in [-0.2, 0) is 28.6 Å². The minimum atomic E-state index is -0.890. The summed E-state index contributed by atoms with van der Waals surface area (Å²) in [5, 5.41) is 9.62. The SMILES string of the molecule is CC/C=C/C/C=C/C/C=C/C/C=C/C/C=C/C/C=C/CCC(=O)OC(COCCC(C(=O)O)[N+](C)(C)C)COC(=O)CCCCCCCCC/C=C/CCCCCC. The number of carbonyl (C=O) groups excluding carboxylic acids is 2. The topological polar surface area (TPSA) is 99.1 Å². The molecule has 2 atom stereocenters. The summed E-state index contributed by atoms with van der Waals surface area (Å²) >= 11 is 0. The minimum absolute atomic E-state index is 0.0250. The van der Waals surface area contributed by atoms with Gasteiger partial charge in [-0.1, -0.05) is 150 Å². The summed E-state index contributed by atoms with van der Waals surface area (Å²) in [6.07, 6.45) is 52.1. The van der Waals surface area contributed by atoms with Crippen LogP contribution in [0.5, 0.6) is 0 Å². The molecular formula is C50H84NO7+. The van der Waals surface area contributed by atoms with E-state index in [1.54, 1.807) is 0 Å². The van der Waals surface area contributed by atoms with Crippen molar-refractivity contribution in [3.05, 3.63) is 85.1 Å². The van der Waals surface area contributed by atoms with Crippen LogP contribution in [0.2, 0.25) is 0 Å². The fourth-order valence-corrected chi connectivity index (χ4v) is 6.05. The number of rotatable bonds is 39. The van der Waals surface area contributed by atoms with Crippen molar-refractivity contribution < 1.29 is 38.2 Å². The maximum Gasteiger partial charge on any atom is 0.362 e. The molecule has 0 radical (unpaired) electrons. The van der Waals surface area contributed by atoms with Gasteiger partial charge in [0, 0.05) is 19.3 Å². The molecule has 58 heavy (non-hydrogen) atoms. The number of hydrogen-bond acceptors (Lipinski definition) is 6. The Morgan fingerprint density at radius 2 is 1.00 bits per heavy atom. The van der Waals surface area contributed by atoms with E-state index >= 15 is 0 Å². The second-order valence-corrected chi connectivity index (χ2v) is 15.9. The minimum Gasteiger partial charge on any atom is -0.477 e. The van der Waals surface area contributed by atoms with Gasteiger partial charge in [-0.2, -0.15) is 0 Å². The van der Waals surface area contributed by atoms with Crippen LogP contribution < -0.4 is 0 Å². The van der Waals surface area contributed by atoms with E-state index in [0.29, 0.717) is 19.3 Å². The van der Waals surface area contributed by atoms with Crippen LogP contribution in [0.4, 0.5) is 0 Å². The van der Waals surface area contributed by atoms with Crippen LogP contribution >= 0.6 is 0 Å². The first-order chi connectivity index (χ1) is 28.1. The van der Waals surface area contributed by atoms with Gasteiger partial charge in [-0.05, 0) is 77.0 Å². The molecular weight excluding hydrogens is 727 g/mol. The molecule has 8 heteroatoms. The highest BCUT2D eigenvalue weighted by Crippen LogP contribution is 2.13. The van der Waals surface area contributed by atoms with Crippen LogP contribution in [0.3, 0.4) is 0 Å². The summed E-state index contributed by atoms with van der Waals surface area (Å²) in [5.41, 5.74) is 0. The first kappa shape index (κ1) is 54.5. The maximum absolute atomic E-state index is 12.7. The number of aliphatic carboxylic acids is 1. The summed E-state index contributed by atoms with van der Waals surface area (Å²) < 4.78 is 17.2. The summed E-state index contributed by atoms with van der Waals surface area (Å²) in [5.74, 6) is -1.59. The van der Waals surface area contributed by atoms with E-state index < -0.39 is 24.1 Å². The number of carboxylic acids is 1. The number of esters is 2. The normalized spacial score (nSPS) is 13.7. The Morgan fingerprint density at radius 3 is 1.50 bits per heavy atom. The molecule has 0 fully saturated rings. The van der Waals surface area contributed by atoms with Crippen molar-refractivity contribution in [2.24, 2.45) is 0 Å². The van der Waals surface area contributed by atoms with Crippen molar-refractivity contribution in [1.82, 2.24) is 0 Å². The molecule has 0 aromatic rings. The molecule has 0 aromatic carbocycles. The number of carboxylic acid groups (broad SMARTS) is 1. The molecule has 0 aliphatic rings. The lowest BCUT2D eigenvalue weighted by Gasteiger charge is -2.31. The zero-order valence-corrected chi connectivity index (χ0v) is 37.5. The molecule has 0 saturated carbocycles. The van der Waals surface area contributed by atoms with Crippen LogP contribution in [0.1, 0.15) is 162 Å². The van der Waals surface area contributed by atoms with Gasteiger partial charge in [0.2, 0.25) is 0 Å². The van der Waals surface area contributed by atoms with Crippen molar-refractivity contribution in [2.75, 3.05) is 41.0 Å². The van der Waals surface area contributed by atoms with Crippen molar-refractivity contribution in [3.8, 4) is 0 Å². The van der Waals surface area contributed by atoms with Crippen molar-refractivity contribution in [1.29, 1.82) is 0 Å². The standard InChI is InChI=1S/C50H83NO7/c1-6-8-10-12-14-16-18-20-22-23-24-25-27-29-31-33-35-37-39-41-49(53)58-46(44-56-43-42-47(50(54)55)51(3,4)5)45-57-48(52)40-38-36-34-32-30-28-26-21-19-17-15-13-11-9-7-2/h8,10,14,16-17,19-20,22,24-25,29,31,35,37,46-47H,6-7,9,11-13,15,18,21,23,26-28,30,32-34,36,38-45H2,1-5H3/p+1/b10-8+,16-14+,19-17+,22-20+,25-24+,31-29+,37-35+. The number of likely N-dealkylation sites (N-methyl/N-ethyl adjacent to an activating group) is 1. The Labute approximate surface area is 354 Å². The van der Waals surface area contributed by atoms with Crippen LogP contribution in [0.25, 0.3) is 0 Å². The third-order valence-corrected chi connectivity index (χ3v) is 9.54. The van der Waals surface area contributed by atoms with E-state index in [4.69, 9.17) is 14.2 Å². The molecule has 0 aromatic heterocycles. The second kappa shape index (κ2) is 40.3. The smallest absolute Gasteiger partial charge is 0.362 e. The zero-order chi connectivity index (χ0) is 42.8. The highest BCUT2D eigenvalue weighted by Gasteiger charge is 2.31. The van der Waals surface area contributed by atoms with Gasteiger partial charge in [0.1, 0.15) is 6.61 Å². The highest BCUT2D eigenvalue weighted by atomic mass is 16.6. The molecule has 0 amide bonds. The quantitative estimate of drug-likeness (QED) is 0.0286. The van der Waals surface area contributed by atoms with E-state index in [2.05, 4.69) is 86.8 Å². The van der Waals surface area contributed by atoms with Gasteiger partial charge in [-0.25, -0.2) is 4.79 Å². The highest BCUT2D eigenvalue weighted by molar-refractivity contribution is 5.72. The van der Waals surface area contributed by atoms with Gasteiger partial charge >= 0.3 is 17.9 Å². The maximum atomic E-state index is 12.7. The van der Waals surface area contributed by atoms with Crippen molar-refractivity contribution >= 4 is 17.9 Å². The average Bonchev–Trinajstić information content (AvgIpc) is 3.18. The van der Waals surface area contributed by atoms with Crippen LogP contribution in [0, 0.1) is 0 Å². The molecule has 0 rings (SSSR count). The zero-order valence-electron chi connectivity index (χ0n) is 37.5. The summed E-state index contributed by atoms with van der Waals surface area (Å²) in [6, 6.07) is -0.632. The number of ether oxygens (including phenoxy) is 3. The largest absolute Gasteiger partial charge is 0.477 e. The van der Waals surface area contributed by atoms with Gasteiger partial charge in [0.15, 0.2) is 12.1 Å². The fourth-order valence-electron chi connectivity index (χ4n) is 6.05. The van der Waals surface area contributed by atoms with Gasteiger partial charge < -0.3 is 23.8 Å². The average molecular weight is 811 g/mol. The number of unbranched alkanes of at least 4 members (excludes halogenated alkanes) is 11. The van der Waals surface area contributed by atoms with Crippen molar-refractivity contribution in [3.63, 3.8) is 0 Å². The van der Waals surface area contributed by atoms with E-state index in [0.717, 1.165) is 57.8 Å². The van der Waals surface area contributed by atoms with E-state index in [1.165, 1.54) is 64.2 Å². The van der Waals surface area contributed by atoms with Gasteiger partial charge in [0.25, 0.3) is 0 Å². The number of quaternary nitrogens is 1. The molecule has 0 bridgehead atoms. The van der Waals surface area contributed by atoms with Crippen molar-refractivity contribution in [2.45, 2.75) is 174 Å². The Morgan fingerprint density at radius 1 is 0.534 bits per heavy atom. The fraction of sp³-hybridized carbons (Fsp3) is 0.660. The van der Waals surface area contributed by atoms with Gasteiger partial charge in [0.05, 0.1) is 34.4 Å². The Hall–Kier alpha value is -3.49. The molecule has 0 aliphatic heterocycles. The number of hydrogen-bond donors (Lipinski definition) is 1. The van der Waals surface area contributed by atoms with Crippen LogP contribution in [-0.4, -0.2) is 80.6 Å². The van der Waals surface area contributed by atoms with E-state index in [-0.39, 0.29) is 36.7 Å². The van der Waals surface area contributed by atoms with Gasteiger partial charge in [-0.15, -0.1) is 0 Å². The molecule has 0 spiro atoms.